The van der Waals surface area contributed by atoms with Crippen LogP contribution in [0.4, 0.5) is 0 Å². The van der Waals surface area contributed by atoms with Crippen LogP contribution in [0.2, 0.25) is 0 Å². The third-order valence-electron chi connectivity index (χ3n) is 5.10. The van der Waals surface area contributed by atoms with Crippen molar-refractivity contribution in [1.29, 1.82) is 0 Å². The Kier molecular flexibility index (Phi) is 3.58. The zero-order chi connectivity index (χ0) is 17.1. The smallest absolute Gasteiger partial charge is 0.329 e. The van der Waals surface area contributed by atoms with Crippen molar-refractivity contribution in [2.45, 2.75) is 26.3 Å². The summed E-state index contributed by atoms with van der Waals surface area (Å²) in [5.41, 5.74) is 2.65. The zero-order valence-corrected chi connectivity index (χ0v) is 15.6. The first-order valence-electron chi connectivity index (χ1n) is 8.13. The molecule has 1 saturated heterocycles. The van der Waals surface area contributed by atoms with Crippen LogP contribution in [0.1, 0.15) is 26.3 Å². The van der Waals surface area contributed by atoms with Crippen molar-refractivity contribution in [3.8, 4) is 0 Å². The molecule has 3 aromatic rings. The van der Waals surface area contributed by atoms with Gasteiger partial charge < -0.3 is 4.74 Å². The average molecular weight is 390 g/mol. The lowest BCUT2D eigenvalue weighted by Crippen LogP contribution is -2.41. The molecule has 0 saturated carbocycles. The predicted molar refractivity (Wildman–Crippen MR) is 98.4 cm³/mol. The summed E-state index contributed by atoms with van der Waals surface area (Å²) in [5, 5.41) is 1.00. The lowest BCUT2D eigenvalue weighted by atomic mass is 9.81. The minimum absolute atomic E-state index is 0.0132. The molecule has 0 radical (unpaired) electrons. The monoisotopic (exact) mass is 389 g/mol. The van der Waals surface area contributed by atoms with Crippen LogP contribution in [-0.4, -0.2) is 27.3 Å². The highest BCUT2D eigenvalue weighted by molar-refractivity contribution is 9.10. The second kappa shape index (κ2) is 5.43. The minimum atomic E-state index is -0.0992. The lowest BCUT2D eigenvalue weighted by molar-refractivity contribution is -0.0253. The van der Waals surface area contributed by atoms with Crippen LogP contribution < -0.4 is 5.69 Å². The van der Waals surface area contributed by atoms with Crippen LogP contribution in [0.3, 0.4) is 0 Å². The number of aryl methyl sites for hydroxylation is 1. The molecule has 2 aromatic heterocycles. The van der Waals surface area contributed by atoms with Gasteiger partial charge in [-0.05, 0) is 24.6 Å². The van der Waals surface area contributed by atoms with Crippen LogP contribution >= 0.6 is 15.9 Å². The Labute approximate surface area is 148 Å². The van der Waals surface area contributed by atoms with Gasteiger partial charge in [0, 0.05) is 35.0 Å². The van der Waals surface area contributed by atoms with Crippen molar-refractivity contribution in [2.75, 3.05) is 13.2 Å². The number of hydrogen-bond donors (Lipinski definition) is 0. The summed E-state index contributed by atoms with van der Waals surface area (Å²) in [6, 6.07) is 6.11. The minimum Gasteiger partial charge on any atom is -0.381 e. The van der Waals surface area contributed by atoms with Crippen LogP contribution in [0.5, 0.6) is 0 Å². The van der Waals surface area contributed by atoms with Gasteiger partial charge in [0.25, 0.3) is 0 Å². The number of aromatic nitrogens is 3. The molecule has 0 N–H and O–H groups in total. The largest absolute Gasteiger partial charge is 0.381 e. The van der Waals surface area contributed by atoms with E-state index in [0.29, 0.717) is 13.2 Å². The topological polar surface area (TPSA) is 49.0 Å². The SMILES string of the molecule is Cn1c(=O)n(C2CCOCC2(C)C)c2c3cc(Br)ccc3ncc21. The number of benzene rings is 1. The van der Waals surface area contributed by atoms with Crippen molar-refractivity contribution >= 4 is 37.9 Å². The molecule has 0 spiro atoms. The first-order chi connectivity index (χ1) is 11.4. The molecule has 3 heterocycles. The maximum Gasteiger partial charge on any atom is 0.329 e. The molecule has 1 atom stereocenters. The van der Waals surface area contributed by atoms with E-state index in [2.05, 4.69) is 34.8 Å². The van der Waals surface area contributed by atoms with Crippen molar-refractivity contribution < 1.29 is 4.74 Å². The summed E-state index contributed by atoms with van der Waals surface area (Å²) in [5.74, 6) is 0. The Balaban J connectivity index is 2.13. The van der Waals surface area contributed by atoms with Gasteiger partial charge in [0.1, 0.15) is 0 Å². The normalized spacial score (nSPS) is 20.8. The fourth-order valence-corrected chi connectivity index (χ4v) is 4.15. The molecule has 1 aromatic carbocycles. The van der Waals surface area contributed by atoms with E-state index < -0.39 is 0 Å². The molecule has 0 amide bonds. The Morgan fingerprint density at radius 1 is 1.38 bits per heavy atom. The van der Waals surface area contributed by atoms with Gasteiger partial charge in [-0.2, -0.15) is 0 Å². The van der Waals surface area contributed by atoms with Gasteiger partial charge in [0.05, 0.1) is 29.4 Å². The van der Waals surface area contributed by atoms with Gasteiger partial charge in [-0.15, -0.1) is 0 Å². The predicted octanol–water partition coefficient (Wildman–Crippen LogP) is 3.64. The number of fused-ring (bicyclic) bond motifs is 3. The third-order valence-corrected chi connectivity index (χ3v) is 5.59. The van der Waals surface area contributed by atoms with E-state index in [0.717, 1.165) is 32.8 Å². The summed E-state index contributed by atoms with van der Waals surface area (Å²) in [4.78, 5) is 17.6. The molecule has 1 unspecified atom stereocenters. The van der Waals surface area contributed by atoms with Crippen molar-refractivity contribution in [2.24, 2.45) is 12.5 Å². The highest BCUT2D eigenvalue weighted by Crippen LogP contribution is 2.39. The molecular weight excluding hydrogens is 370 g/mol. The Morgan fingerprint density at radius 2 is 2.17 bits per heavy atom. The van der Waals surface area contributed by atoms with E-state index in [1.165, 1.54) is 0 Å². The molecule has 24 heavy (non-hydrogen) atoms. The van der Waals surface area contributed by atoms with Crippen LogP contribution in [0, 0.1) is 5.41 Å². The van der Waals surface area contributed by atoms with E-state index in [-0.39, 0.29) is 17.1 Å². The van der Waals surface area contributed by atoms with Gasteiger partial charge in [0.15, 0.2) is 0 Å². The second-order valence-corrected chi connectivity index (χ2v) is 8.13. The number of nitrogens with zero attached hydrogens (tertiary/aromatic N) is 3. The van der Waals surface area contributed by atoms with Gasteiger partial charge in [-0.1, -0.05) is 29.8 Å². The lowest BCUT2D eigenvalue weighted by Gasteiger charge is -2.39. The van der Waals surface area contributed by atoms with E-state index in [1.807, 2.05) is 29.8 Å². The van der Waals surface area contributed by atoms with Gasteiger partial charge in [0.2, 0.25) is 0 Å². The summed E-state index contributed by atoms with van der Waals surface area (Å²) in [6.45, 7) is 5.68. The molecule has 5 nitrogen and oxygen atoms in total. The number of pyridine rings is 1. The fourth-order valence-electron chi connectivity index (χ4n) is 3.78. The van der Waals surface area contributed by atoms with E-state index in [9.17, 15) is 4.79 Å². The number of halogens is 1. The molecule has 0 aliphatic carbocycles. The Hall–Kier alpha value is -1.66. The molecule has 0 bridgehead atoms. The highest BCUT2D eigenvalue weighted by atomic mass is 79.9. The molecule has 1 fully saturated rings. The molecular formula is C18H20BrN3O2. The first-order valence-corrected chi connectivity index (χ1v) is 8.92. The number of ether oxygens (including phenoxy) is 1. The molecule has 6 heteroatoms. The number of imidazole rings is 1. The van der Waals surface area contributed by atoms with E-state index in [4.69, 9.17) is 4.74 Å². The molecule has 4 rings (SSSR count). The molecule has 1 aliphatic rings. The van der Waals surface area contributed by atoms with E-state index in [1.54, 1.807) is 10.8 Å². The second-order valence-electron chi connectivity index (χ2n) is 7.21. The zero-order valence-electron chi connectivity index (χ0n) is 14.0. The van der Waals surface area contributed by atoms with Crippen LogP contribution in [0.15, 0.2) is 33.7 Å². The fraction of sp³-hybridized carbons (Fsp3) is 0.444. The maximum atomic E-state index is 13.0. The van der Waals surface area contributed by atoms with Gasteiger partial charge in [-0.25, -0.2) is 4.79 Å². The van der Waals surface area contributed by atoms with Crippen LogP contribution in [0.25, 0.3) is 21.9 Å². The standard InChI is InChI=1S/C18H20BrN3O2/c1-18(2)10-24-7-6-15(18)22-16-12-8-11(19)4-5-13(12)20-9-14(16)21(3)17(22)23/h4-5,8-9,15H,6-7,10H2,1-3H3. The third kappa shape index (κ3) is 2.24. The number of hydrogen-bond acceptors (Lipinski definition) is 3. The van der Waals surface area contributed by atoms with Crippen molar-refractivity contribution in [3.63, 3.8) is 0 Å². The molecule has 126 valence electrons. The van der Waals surface area contributed by atoms with E-state index >= 15 is 0 Å². The summed E-state index contributed by atoms with van der Waals surface area (Å²) < 4.78 is 10.3. The average Bonchev–Trinajstić information content (AvgIpc) is 2.79. The Bertz CT molecular complexity index is 1000. The molecule has 1 aliphatic heterocycles. The van der Waals surface area contributed by atoms with Gasteiger partial charge in [-0.3, -0.25) is 14.1 Å². The Morgan fingerprint density at radius 3 is 2.92 bits per heavy atom. The summed E-state index contributed by atoms with van der Waals surface area (Å²) >= 11 is 3.54. The quantitative estimate of drug-likeness (QED) is 0.638. The highest BCUT2D eigenvalue weighted by Gasteiger charge is 2.37. The van der Waals surface area contributed by atoms with Crippen LogP contribution in [-0.2, 0) is 11.8 Å². The maximum absolute atomic E-state index is 13.0. The summed E-state index contributed by atoms with van der Waals surface area (Å²) in [7, 11) is 1.82. The van der Waals surface area contributed by atoms with Crippen molar-refractivity contribution in [3.05, 3.63) is 39.4 Å². The van der Waals surface area contributed by atoms with Crippen molar-refractivity contribution in [1.82, 2.24) is 14.1 Å². The summed E-state index contributed by atoms with van der Waals surface area (Å²) in [6.07, 6.45) is 2.64. The number of rotatable bonds is 1. The first kappa shape index (κ1) is 15.8. The van der Waals surface area contributed by atoms with Gasteiger partial charge >= 0.3 is 5.69 Å².